The monoisotopic (exact) mass is 395 g/mol. The summed E-state index contributed by atoms with van der Waals surface area (Å²) in [4.78, 5) is 23.9. The summed E-state index contributed by atoms with van der Waals surface area (Å²) in [6, 6.07) is 5.42. The fraction of sp³-hybridized carbons (Fsp3) is 0.222. The van der Waals surface area contributed by atoms with Gasteiger partial charge in [0.1, 0.15) is 0 Å². The zero-order valence-corrected chi connectivity index (χ0v) is 15.8. The van der Waals surface area contributed by atoms with Crippen molar-refractivity contribution < 1.29 is 33.6 Å². The molecule has 9 heteroatoms. The maximum atomic E-state index is 12.7. The van der Waals surface area contributed by atoms with Gasteiger partial charge in [0.05, 0.1) is 44.7 Å². The molecule has 0 atom stereocenters. The molecule has 2 N–H and O–H groups in total. The standard InChI is InChI=1S/C18H18ClNO7/c1-24-13-7-9(8-14(25-2)16(13)27-4)17(21)20-12-6-10(18(22)23)5-11(19)15(12)26-3/h5-8H,1-4H3,(H,20,21)(H,22,23). The van der Waals surface area contributed by atoms with Crippen molar-refractivity contribution in [2.45, 2.75) is 0 Å². The summed E-state index contributed by atoms with van der Waals surface area (Å²) >= 11 is 6.05. The van der Waals surface area contributed by atoms with Crippen LogP contribution in [0.1, 0.15) is 20.7 Å². The largest absolute Gasteiger partial charge is 0.493 e. The molecule has 0 radical (unpaired) electrons. The first-order valence-electron chi connectivity index (χ1n) is 7.58. The number of carboxylic acid groups (broad SMARTS) is 1. The van der Waals surface area contributed by atoms with Crippen LogP contribution >= 0.6 is 11.6 Å². The number of hydrogen-bond acceptors (Lipinski definition) is 6. The second-order valence-corrected chi connectivity index (χ2v) is 5.62. The number of ether oxygens (including phenoxy) is 4. The highest BCUT2D eigenvalue weighted by Gasteiger charge is 2.20. The highest BCUT2D eigenvalue weighted by Crippen LogP contribution is 2.39. The molecule has 0 aromatic heterocycles. The van der Waals surface area contributed by atoms with Gasteiger partial charge in [-0.1, -0.05) is 11.6 Å². The highest BCUT2D eigenvalue weighted by molar-refractivity contribution is 6.33. The third-order valence-electron chi connectivity index (χ3n) is 3.67. The van der Waals surface area contributed by atoms with Gasteiger partial charge in [-0.25, -0.2) is 4.79 Å². The number of aromatic carboxylic acids is 1. The van der Waals surface area contributed by atoms with E-state index < -0.39 is 11.9 Å². The van der Waals surface area contributed by atoms with Crippen LogP contribution in [-0.4, -0.2) is 45.4 Å². The van der Waals surface area contributed by atoms with Gasteiger partial charge in [-0.05, 0) is 24.3 Å². The van der Waals surface area contributed by atoms with E-state index in [1.54, 1.807) is 0 Å². The Morgan fingerprint density at radius 1 is 0.852 bits per heavy atom. The van der Waals surface area contributed by atoms with Crippen LogP contribution in [0.25, 0.3) is 0 Å². The SMILES string of the molecule is COc1cc(C(=O)Nc2cc(C(=O)O)cc(Cl)c2OC)cc(OC)c1OC. The lowest BCUT2D eigenvalue weighted by Gasteiger charge is -2.15. The Bertz CT molecular complexity index is 857. The molecule has 2 aromatic rings. The zero-order chi connectivity index (χ0) is 20.1. The molecule has 0 aliphatic rings. The van der Waals surface area contributed by atoms with Gasteiger partial charge in [-0.2, -0.15) is 0 Å². The molecular formula is C18H18ClNO7. The van der Waals surface area contributed by atoms with Crippen LogP contribution in [0.2, 0.25) is 5.02 Å². The van der Waals surface area contributed by atoms with Crippen molar-refractivity contribution in [1.82, 2.24) is 0 Å². The Morgan fingerprint density at radius 2 is 1.41 bits per heavy atom. The summed E-state index contributed by atoms with van der Waals surface area (Å²) < 4.78 is 20.8. The number of nitrogens with one attached hydrogen (secondary N) is 1. The molecule has 0 saturated heterocycles. The molecule has 2 aromatic carbocycles. The van der Waals surface area contributed by atoms with Crippen LogP contribution in [-0.2, 0) is 0 Å². The molecule has 1 amide bonds. The van der Waals surface area contributed by atoms with Gasteiger partial charge in [-0.3, -0.25) is 4.79 Å². The number of halogens is 1. The summed E-state index contributed by atoms with van der Waals surface area (Å²) in [5.74, 6) is -0.668. The second kappa shape index (κ2) is 8.50. The van der Waals surface area contributed by atoms with Crippen LogP contribution in [0.5, 0.6) is 23.0 Å². The van der Waals surface area contributed by atoms with Crippen molar-refractivity contribution in [2.75, 3.05) is 33.8 Å². The van der Waals surface area contributed by atoms with Gasteiger partial charge in [0.2, 0.25) is 5.75 Å². The van der Waals surface area contributed by atoms with E-state index in [0.717, 1.165) is 0 Å². The van der Waals surface area contributed by atoms with Gasteiger partial charge in [0.25, 0.3) is 5.91 Å². The smallest absolute Gasteiger partial charge is 0.335 e. The van der Waals surface area contributed by atoms with Gasteiger partial charge >= 0.3 is 5.97 Å². The van der Waals surface area contributed by atoms with Crippen LogP contribution in [0, 0.1) is 0 Å². The Labute approximate surface area is 160 Å². The first-order chi connectivity index (χ1) is 12.9. The highest BCUT2D eigenvalue weighted by atomic mass is 35.5. The molecular weight excluding hydrogens is 378 g/mol. The lowest BCUT2D eigenvalue weighted by Crippen LogP contribution is -2.14. The fourth-order valence-electron chi connectivity index (χ4n) is 2.42. The maximum Gasteiger partial charge on any atom is 0.335 e. The van der Waals surface area contributed by atoms with Gasteiger partial charge in [-0.15, -0.1) is 0 Å². The lowest BCUT2D eigenvalue weighted by molar-refractivity contribution is 0.0696. The minimum Gasteiger partial charge on any atom is -0.493 e. The Kier molecular flexibility index (Phi) is 6.36. The van der Waals surface area contributed by atoms with Crippen LogP contribution < -0.4 is 24.3 Å². The third kappa shape index (κ3) is 4.17. The molecule has 0 saturated carbocycles. The molecule has 0 unspecified atom stereocenters. The van der Waals surface area contributed by atoms with Gasteiger partial charge in [0.15, 0.2) is 17.2 Å². The van der Waals surface area contributed by atoms with Crippen LogP contribution in [0.4, 0.5) is 5.69 Å². The van der Waals surface area contributed by atoms with E-state index in [2.05, 4.69) is 5.32 Å². The average molecular weight is 396 g/mol. The summed E-state index contributed by atoms with van der Waals surface area (Å²) in [6.45, 7) is 0. The van der Waals surface area contributed by atoms with Crippen LogP contribution in [0.3, 0.4) is 0 Å². The number of hydrogen-bond donors (Lipinski definition) is 2. The molecule has 0 spiro atoms. The van der Waals surface area contributed by atoms with Gasteiger partial charge in [0, 0.05) is 5.56 Å². The average Bonchev–Trinajstić information content (AvgIpc) is 2.66. The van der Waals surface area contributed by atoms with E-state index in [0.29, 0.717) is 17.2 Å². The lowest BCUT2D eigenvalue weighted by atomic mass is 10.1. The summed E-state index contributed by atoms with van der Waals surface area (Å²) in [7, 11) is 5.66. The van der Waals surface area contributed by atoms with E-state index >= 15 is 0 Å². The first-order valence-corrected chi connectivity index (χ1v) is 7.96. The van der Waals surface area contributed by atoms with Crippen molar-refractivity contribution in [3.8, 4) is 23.0 Å². The number of carbonyl (C=O) groups is 2. The minimum atomic E-state index is -1.19. The van der Waals surface area contributed by atoms with Crippen LogP contribution in [0.15, 0.2) is 24.3 Å². The summed E-state index contributed by atoms with van der Waals surface area (Å²) in [6.07, 6.45) is 0. The molecule has 0 bridgehead atoms. The summed E-state index contributed by atoms with van der Waals surface area (Å²) in [5, 5.41) is 11.8. The van der Waals surface area contributed by atoms with Gasteiger partial charge < -0.3 is 29.4 Å². The first kappa shape index (κ1) is 20.2. The number of anilines is 1. The fourth-order valence-corrected chi connectivity index (χ4v) is 2.72. The third-order valence-corrected chi connectivity index (χ3v) is 3.95. The minimum absolute atomic E-state index is 0.0533. The van der Waals surface area contributed by atoms with E-state index in [1.807, 2.05) is 0 Å². The Hall–Kier alpha value is -3.13. The Morgan fingerprint density at radius 3 is 1.85 bits per heavy atom. The summed E-state index contributed by atoms with van der Waals surface area (Å²) in [5.41, 5.74) is 0.213. The number of carboxylic acids is 1. The number of amides is 1. The van der Waals surface area contributed by atoms with Crippen molar-refractivity contribution >= 4 is 29.2 Å². The van der Waals surface area contributed by atoms with Crippen molar-refractivity contribution in [3.05, 3.63) is 40.4 Å². The molecule has 0 fully saturated rings. The number of methoxy groups -OCH3 is 4. The van der Waals surface area contributed by atoms with Crippen molar-refractivity contribution in [2.24, 2.45) is 0 Å². The molecule has 27 heavy (non-hydrogen) atoms. The molecule has 0 heterocycles. The molecule has 0 aliphatic heterocycles. The van der Waals surface area contributed by atoms with Crippen molar-refractivity contribution in [1.29, 1.82) is 0 Å². The Balaban J connectivity index is 2.47. The normalized spacial score (nSPS) is 10.1. The van der Waals surface area contributed by atoms with E-state index in [4.69, 9.17) is 30.5 Å². The van der Waals surface area contributed by atoms with E-state index in [-0.39, 0.29) is 27.6 Å². The second-order valence-electron chi connectivity index (χ2n) is 5.21. The zero-order valence-electron chi connectivity index (χ0n) is 15.1. The number of benzene rings is 2. The predicted octanol–water partition coefficient (Wildman–Crippen LogP) is 3.32. The molecule has 144 valence electrons. The molecule has 2 rings (SSSR count). The molecule has 0 aliphatic carbocycles. The number of rotatable bonds is 7. The predicted molar refractivity (Wildman–Crippen MR) is 99.0 cm³/mol. The quantitative estimate of drug-likeness (QED) is 0.741. The number of carbonyl (C=O) groups excluding carboxylic acids is 1. The van der Waals surface area contributed by atoms with Crippen molar-refractivity contribution in [3.63, 3.8) is 0 Å². The topological polar surface area (TPSA) is 103 Å². The molecule has 8 nitrogen and oxygen atoms in total. The maximum absolute atomic E-state index is 12.7. The van der Waals surface area contributed by atoms with E-state index in [9.17, 15) is 14.7 Å². The van der Waals surface area contributed by atoms with E-state index in [1.165, 1.54) is 52.7 Å².